The van der Waals surface area contributed by atoms with E-state index in [2.05, 4.69) is 38.0 Å². The van der Waals surface area contributed by atoms with E-state index in [-0.39, 0.29) is 17.3 Å². The lowest BCUT2D eigenvalue weighted by Gasteiger charge is -2.39. The average molecular weight is 505 g/mol. The molecule has 36 heavy (non-hydrogen) atoms. The Hall–Kier alpha value is -2.84. The third-order valence-corrected chi connectivity index (χ3v) is 10.4. The Bertz CT molecular complexity index is 1430. The van der Waals surface area contributed by atoms with Crippen LogP contribution < -0.4 is 5.32 Å². The van der Waals surface area contributed by atoms with Crippen LogP contribution in [0.5, 0.6) is 0 Å². The number of fused-ring (bicyclic) bond motifs is 7. The van der Waals surface area contributed by atoms with Crippen molar-refractivity contribution in [2.75, 3.05) is 25.5 Å². The van der Waals surface area contributed by atoms with Crippen molar-refractivity contribution in [3.05, 3.63) is 51.7 Å². The molecule has 3 aliphatic rings. The Balaban J connectivity index is 1.48. The second-order valence-electron chi connectivity index (χ2n) is 11.1. The van der Waals surface area contributed by atoms with Crippen LogP contribution >= 0.6 is 11.3 Å². The van der Waals surface area contributed by atoms with Crippen LogP contribution in [0.4, 0.5) is 5.00 Å². The molecule has 2 aliphatic carbocycles. The standard InChI is InChI=1S/C28H32N4O3S/c1-6-35-24(33)20-16-11-14-32(5)15-19(16)36-23(20)31-25(34)28-13-12-27(4,26(28,2)3)21-22(28)30-18-10-8-7-9-17(18)29-21/h7-10H,6,11-15H2,1-5H3,(H,31,34). The molecular weight excluding hydrogens is 472 g/mol. The Morgan fingerprint density at radius 1 is 1.11 bits per heavy atom. The van der Waals surface area contributed by atoms with Crippen LogP contribution in [0.15, 0.2) is 24.3 Å². The van der Waals surface area contributed by atoms with Crippen LogP contribution in [0.1, 0.15) is 72.7 Å². The Morgan fingerprint density at radius 3 is 2.50 bits per heavy atom. The van der Waals surface area contributed by atoms with Gasteiger partial charge in [-0.3, -0.25) is 4.79 Å². The summed E-state index contributed by atoms with van der Waals surface area (Å²) in [4.78, 5) is 40.9. The van der Waals surface area contributed by atoms with Crippen LogP contribution in [0.3, 0.4) is 0 Å². The fourth-order valence-corrected chi connectivity index (χ4v) is 8.11. The molecule has 0 saturated heterocycles. The van der Waals surface area contributed by atoms with Crippen molar-refractivity contribution in [3.63, 3.8) is 0 Å². The van der Waals surface area contributed by atoms with Gasteiger partial charge in [0.15, 0.2) is 0 Å². The summed E-state index contributed by atoms with van der Waals surface area (Å²) in [5.74, 6) is -0.461. The molecule has 188 valence electrons. The maximum Gasteiger partial charge on any atom is 0.341 e. The topological polar surface area (TPSA) is 84.4 Å². The lowest BCUT2D eigenvalue weighted by atomic mass is 9.63. The van der Waals surface area contributed by atoms with Gasteiger partial charge in [-0.2, -0.15) is 0 Å². The van der Waals surface area contributed by atoms with E-state index in [0.29, 0.717) is 23.6 Å². The van der Waals surface area contributed by atoms with Gasteiger partial charge in [0.25, 0.3) is 0 Å². The molecule has 0 spiro atoms. The van der Waals surface area contributed by atoms with Crippen molar-refractivity contribution in [3.8, 4) is 0 Å². The summed E-state index contributed by atoms with van der Waals surface area (Å²) in [6.45, 7) is 10.3. The third-order valence-electron chi connectivity index (χ3n) is 9.29. The fourth-order valence-electron chi connectivity index (χ4n) is 6.80. The SMILES string of the molecule is CCOC(=O)c1c(NC(=O)C23CCC(C)(c4nc5ccccc5nc42)C3(C)C)sc2c1CCN(C)C2. The summed E-state index contributed by atoms with van der Waals surface area (Å²) in [5, 5.41) is 3.83. The zero-order valence-corrected chi connectivity index (χ0v) is 22.3. The highest BCUT2D eigenvalue weighted by molar-refractivity contribution is 7.17. The van der Waals surface area contributed by atoms with Crippen molar-refractivity contribution in [2.45, 2.75) is 64.3 Å². The predicted octanol–water partition coefficient (Wildman–Crippen LogP) is 4.82. The van der Waals surface area contributed by atoms with Crippen LogP contribution in [0, 0.1) is 5.41 Å². The number of para-hydroxylation sites is 2. The molecule has 2 aromatic heterocycles. The Morgan fingerprint density at radius 2 is 1.81 bits per heavy atom. The van der Waals surface area contributed by atoms with E-state index in [1.165, 1.54) is 11.3 Å². The lowest BCUT2D eigenvalue weighted by molar-refractivity contribution is -0.125. The number of ether oxygens (including phenoxy) is 1. The number of carbonyl (C=O) groups excluding carboxylic acids is 2. The third kappa shape index (κ3) is 2.88. The smallest absolute Gasteiger partial charge is 0.341 e. The van der Waals surface area contributed by atoms with E-state index >= 15 is 0 Å². The maximum absolute atomic E-state index is 14.4. The minimum Gasteiger partial charge on any atom is -0.462 e. The van der Waals surface area contributed by atoms with Crippen LogP contribution in [-0.2, 0) is 33.3 Å². The predicted molar refractivity (Wildman–Crippen MR) is 141 cm³/mol. The van der Waals surface area contributed by atoms with Gasteiger partial charge in [-0.1, -0.05) is 32.9 Å². The number of anilines is 1. The summed E-state index contributed by atoms with van der Waals surface area (Å²) in [5.41, 5.74) is 3.42. The van der Waals surface area contributed by atoms with Crippen LogP contribution in [-0.4, -0.2) is 46.9 Å². The summed E-state index contributed by atoms with van der Waals surface area (Å²) < 4.78 is 5.43. The number of nitrogens with zero attached hydrogens (tertiary/aromatic N) is 3. The van der Waals surface area contributed by atoms with Crippen LogP contribution in [0.2, 0.25) is 0 Å². The number of likely N-dealkylation sites (N-methyl/N-ethyl adjacent to an activating group) is 1. The number of amides is 1. The van der Waals surface area contributed by atoms with E-state index in [1.54, 1.807) is 0 Å². The maximum atomic E-state index is 14.4. The van der Waals surface area contributed by atoms with E-state index in [0.717, 1.165) is 58.8 Å². The normalized spacial score (nSPS) is 26.0. The van der Waals surface area contributed by atoms with Crippen molar-refractivity contribution in [1.29, 1.82) is 0 Å². The summed E-state index contributed by atoms with van der Waals surface area (Å²) in [6.07, 6.45) is 2.33. The number of thiophene rings is 1. The van der Waals surface area contributed by atoms with Crippen molar-refractivity contribution < 1.29 is 14.3 Å². The van der Waals surface area contributed by atoms with Crippen molar-refractivity contribution >= 4 is 39.2 Å². The first-order valence-electron chi connectivity index (χ1n) is 12.7. The summed E-state index contributed by atoms with van der Waals surface area (Å²) in [7, 11) is 2.07. The highest BCUT2D eigenvalue weighted by Crippen LogP contribution is 2.70. The summed E-state index contributed by atoms with van der Waals surface area (Å²) in [6, 6.07) is 7.86. The van der Waals surface area contributed by atoms with E-state index in [9.17, 15) is 9.59 Å². The van der Waals surface area contributed by atoms with Crippen LogP contribution in [0.25, 0.3) is 11.0 Å². The Kier molecular flexibility index (Phi) is 5.12. The molecule has 0 radical (unpaired) electrons. The second kappa shape index (κ2) is 7.83. The molecule has 1 saturated carbocycles. The van der Waals surface area contributed by atoms with Gasteiger partial charge in [0.05, 0.1) is 40.0 Å². The summed E-state index contributed by atoms with van der Waals surface area (Å²) >= 11 is 1.50. The molecule has 2 atom stereocenters. The molecule has 8 heteroatoms. The number of carbonyl (C=O) groups is 2. The first kappa shape index (κ1) is 23.6. The lowest BCUT2D eigenvalue weighted by Crippen LogP contribution is -2.48. The van der Waals surface area contributed by atoms with Gasteiger partial charge in [-0.05, 0) is 56.3 Å². The number of aromatic nitrogens is 2. The van der Waals surface area contributed by atoms with E-state index in [4.69, 9.17) is 14.7 Å². The van der Waals surface area contributed by atoms with Gasteiger partial charge in [0.2, 0.25) is 5.91 Å². The zero-order chi connectivity index (χ0) is 25.5. The minimum atomic E-state index is -0.832. The van der Waals surface area contributed by atoms with Gasteiger partial charge < -0.3 is 15.0 Å². The largest absolute Gasteiger partial charge is 0.462 e. The molecular formula is C28H32N4O3S. The molecule has 1 aromatic carbocycles. The molecule has 1 N–H and O–H groups in total. The number of nitrogens with one attached hydrogen (secondary N) is 1. The molecule has 1 amide bonds. The molecule has 3 heterocycles. The van der Waals surface area contributed by atoms with Crippen molar-refractivity contribution in [2.24, 2.45) is 5.41 Å². The first-order chi connectivity index (χ1) is 17.1. The number of hydrogen-bond donors (Lipinski definition) is 1. The van der Waals surface area contributed by atoms with Gasteiger partial charge in [0, 0.05) is 23.4 Å². The number of rotatable bonds is 4. The van der Waals surface area contributed by atoms with Crippen molar-refractivity contribution in [1.82, 2.24) is 14.9 Å². The monoisotopic (exact) mass is 504 g/mol. The van der Waals surface area contributed by atoms with Gasteiger partial charge >= 0.3 is 5.97 Å². The van der Waals surface area contributed by atoms with Gasteiger partial charge in [-0.15, -0.1) is 11.3 Å². The number of hydrogen-bond acceptors (Lipinski definition) is 7. The van der Waals surface area contributed by atoms with Gasteiger partial charge in [0.1, 0.15) is 5.00 Å². The minimum absolute atomic E-state index is 0.0999. The molecule has 2 unspecified atom stereocenters. The first-order valence-corrected chi connectivity index (χ1v) is 13.5. The highest BCUT2D eigenvalue weighted by Gasteiger charge is 2.73. The second-order valence-corrected chi connectivity index (χ2v) is 12.2. The average Bonchev–Trinajstić information content (AvgIpc) is 3.34. The molecule has 2 bridgehead atoms. The van der Waals surface area contributed by atoms with Gasteiger partial charge in [-0.25, -0.2) is 14.8 Å². The zero-order valence-electron chi connectivity index (χ0n) is 21.5. The number of benzene rings is 1. The molecule has 7 nitrogen and oxygen atoms in total. The highest BCUT2D eigenvalue weighted by atomic mass is 32.1. The number of esters is 1. The van der Waals surface area contributed by atoms with E-state index in [1.807, 2.05) is 31.2 Å². The van der Waals surface area contributed by atoms with E-state index < -0.39 is 10.8 Å². The Labute approximate surface area is 215 Å². The molecule has 6 rings (SSSR count). The molecule has 1 aliphatic heterocycles. The molecule has 1 fully saturated rings. The quantitative estimate of drug-likeness (QED) is 0.513. The molecule has 3 aromatic rings. The fraction of sp³-hybridized carbons (Fsp3) is 0.500.